The number of rotatable bonds is 6. The summed E-state index contributed by atoms with van der Waals surface area (Å²) in [7, 11) is 0. The molecule has 0 aromatic carbocycles. The molecule has 0 amide bonds. The summed E-state index contributed by atoms with van der Waals surface area (Å²) in [5.41, 5.74) is 0. The van der Waals surface area contributed by atoms with Crippen molar-refractivity contribution < 1.29 is 9.84 Å². The highest BCUT2D eigenvalue weighted by molar-refractivity contribution is 6.17. The molecule has 0 aliphatic carbocycles. The van der Waals surface area contributed by atoms with Crippen LogP contribution in [0.2, 0.25) is 0 Å². The molecule has 14 heavy (non-hydrogen) atoms. The van der Waals surface area contributed by atoms with Gasteiger partial charge in [0.15, 0.2) is 0 Å². The average Bonchev–Trinajstić information content (AvgIpc) is 2.54. The first-order chi connectivity index (χ1) is 6.79. The van der Waals surface area contributed by atoms with Gasteiger partial charge in [-0.2, -0.15) is 0 Å². The summed E-state index contributed by atoms with van der Waals surface area (Å²) < 4.78 is 5.32. The second-order valence-corrected chi connectivity index (χ2v) is 4.23. The fourth-order valence-corrected chi connectivity index (χ4v) is 2.11. The van der Waals surface area contributed by atoms with E-state index >= 15 is 0 Å². The second kappa shape index (κ2) is 6.62. The van der Waals surface area contributed by atoms with E-state index in [0.29, 0.717) is 24.4 Å². The maximum Gasteiger partial charge on any atom is 0.0602 e. The van der Waals surface area contributed by atoms with Gasteiger partial charge in [0.25, 0.3) is 0 Å². The number of likely N-dealkylation sites (tertiary alicyclic amines) is 1. The first-order valence-corrected chi connectivity index (χ1v) is 5.81. The highest BCUT2D eigenvalue weighted by Gasteiger charge is 2.29. The first-order valence-electron chi connectivity index (χ1n) is 5.28. The molecule has 84 valence electrons. The third kappa shape index (κ3) is 3.39. The van der Waals surface area contributed by atoms with Crippen LogP contribution in [0.25, 0.3) is 0 Å². The van der Waals surface area contributed by atoms with Gasteiger partial charge in [-0.15, -0.1) is 11.6 Å². The lowest BCUT2D eigenvalue weighted by Gasteiger charge is -2.24. The summed E-state index contributed by atoms with van der Waals surface area (Å²) in [6.07, 6.45) is 1.18. The predicted octanol–water partition coefficient (Wildman–Crippen LogP) is 0.944. The Bertz CT molecular complexity index is 157. The Labute approximate surface area is 91.0 Å². The molecule has 0 bridgehead atoms. The Morgan fingerprint density at radius 3 is 2.93 bits per heavy atom. The van der Waals surface area contributed by atoms with Crippen molar-refractivity contribution >= 4 is 11.6 Å². The summed E-state index contributed by atoms with van der Waals surface area (Å²) in [6.45, 7) is 5.78. The van der Waals surface area contributed by atoms with Gasteiger partial charge in [-0.05, 0) is 18.9 Å². The van der Waals surface area contributed by atoms with Crippen LogP contribution >= 0.6 is 11.6 Å². The van der Waals surface area contributed by atoms with Crippen LogP contribution < -0.4 is 0 Å². The number of aliphatic hydroxyl groups excluding tert-OH is 1. The van der Waals surface area contributed by atoms with E-state index in [4.69, 9.17) is 16.3 Å². The molecular formula is C10H20ClNO2. The second-order valence-electron chi connectivity index (χ2n) is 3.85. The molecule has 2 atom stereocenters. The molecule has 1 heterocycles. The van der Waals surface area contributed by atoms with Gasteiger partial charge < -0.3 is 9.84 Å². The lowest BCUT2D eigenvalue weighted by Crippen LogP contribution is -2.37. The van der Waals surface area contributed by atoms with E-state index in [2.05, 4.69) is 11.8 Å². The molecule has 0 aromatic rings. The van der Waals surface area contributed by atoms with Gasteiger partial charge in [0.1, 0.15) is 0 Å². The fraction of sp³-hybridized carbons (Fsp3) is 1.00. The Balaban J connectivity index is 2.17. The van der Waals surface area contributed by atoms with Crippen molar-refractivity contribution in [3.63, 3.8) is 0 Å². The molecular weight excluding hydrogens is 202 g/mol. The number of alkyl halides is 1. The smallest absolute Gasteiger partial charge is 0.0602 e. The van der Waals surface area contributed by atoms with Crippen LogP contribution in [0, 0.1) is 5.92 Å². The zero-order valence-electron chi connectivity index (χ0n) is 8.79. The van der Waals surface area contributed by atoms with Gasteiger partial charge in [-0.3, -0.25) is 4.90 Å². The minimum Gasteiger partial charge on any atom is -0.395 e. The standard InChI is InChI=1S/C10H20ClNO2/c1-9-2-4-12(10(9)8-13)5-7-14-6-3-11/h9-10,13H,2-8H2,1H3. The van der Waals surface area contributed by atoms with E-state index in [1.807, 2.05) is 0 Å². The van der Waals surface area contributed by atoms with Gasteiger partial charge in [-0.1, -0.05) is 6.92 Å². The average molecular weight is 222 g/mol. The zero-order valence-corrected chi connectivity index (χ0v) is 9.54. The highest BCUT2D eigenvalue weighted by atomic mass is 35.5. The third-order valence-electron chi connectivity index (χ3n) is 2.93. The largest absolute Gasteiger partial charge is 0.395 e. The molecule has 0 saturated carbocycles. The van der Waals surface area contributed by atoms with Crippen LogP contribution in [0.4, 0.5) is 0 Å². The van der Waals surface area contributed by atoms with E-state index in [1.165, 1.54) is 6.42 Å². The van der Waals surface area contributed by atoms with Gasteiger partial charge in [0.05, 0.1) is 19.8 Å². The van der Waals surface area contributed by atoms with E-state index in [0.717, 1.165) is 19.7 Å². The summed E-state index contributed by atoms with van der Waals surface area (Å²) >= 11 is 5.50. The number of hydrogen-bond acceptors (Lipinski definition) is 3. The minimum atomic E-state index is 0.261. The molecule has 0 spiro atoms. The van der Waals surface area contributed by atoms with Crippen LogP contribution in [-0.4, -0.2) is 54.8 Å². The van der Waals surface area contributed by atoms with Crippen LogP contribution in [-0.2, 0) is 4.74 Å². The zero-order chi connectivity index (χ0) is 10.4. The number of halogens is 1. The maximum absolute atomic E-state index is 9.21. The topological polar surface area (TPSA) is 32.7 Å². The summed E-state index contributed by atoms with van der Waals surface area (Å²) in [6, 6.07) is 0.328. The summed E-state index contributed by atoms with van der Waals surface area (Å²) in [5.74, 6) is 1.16. The molecule has 1 rings (SSSR count). The quantitative estimate of drug-likeness (QED) is 0.536. The lowest BCUT2D eigenvalue weighted by molar-refractivity contribution is 0.0851. The SMILES string of the molecule is CC1CCN(CCOCCCl)C1CO. The Hall–Kier alpha value is 0.170. The van der Waals surface area contributed by atoms with Crippen molar-refractivity contribution in [2.24, 2.45) is 5.92 Å². The molecule has 1 N–H and O–H groups in total. The van der Waals surface area contributed by atoms with Gasteiger partial charge >= 0.3 is 0 Å². The lowest BCUT2D eigenvalue weighted by atomic mass is 10.0. The predicted molar refractivity (Wildman–Crippen MR) is 57.8 cm³/mol. The highest BCUT2D eigenvalue weighted by Crippen LogP contribution is 2.22. The number of nitrogens with zero attached hydrogens (tertiary/aromatic N) is 1. The van der Waals surface area contributed by atoms with Crippen molar-refractivity contribution in [2.45, 2.75) is 19.4 Å². The molecule has 1 saturated heterocycles. The molecule has 1 aliphatic heterocycles. The monoisotopic (exact) mass is 221 g/mol. The number of aliphatic hydroxyl groups is 1. The van der Waals surface area contributed by atoms with Gasteiger partial charge in [0, 0.05) is 18.5 Å². The van der Waals surface area contributed by atoms with Gasteiger partial charge in [0.2, 0.25) is 0 Å². The molecule has 0 radical (unpaired) electrons. The van der Waals surface area contributed by atoms with Crippen molar-refractivity contribution in [3.8, 4) is 0 Å². The molecule has 2 unspecified atom stereocenters. The molecule has 3 nitrogen and oxygen atoms in total. The molecule has 4 heteroatoms. The first kappa shape index (κ1) is 12.2. The van der Waals surface area contributed by atoms with Crippen molar-refractivity contribution in [1.29, 1.82) is 0 Å². The van der Waals surface area contributed by atoms with E-state index in [9.17, 15) is 5.11 Å². The van der Waals surface area contributed by atoms with Crippen LogP contribution in [0.15, 0.2) is 0 Å². The Morgan fingerprint density at radius 2 is 2.29 bits per heavy atom. The van der Waals surface area contributed by atoms with E-state index in [1.54, 1.807) is 0 Å². The third-order valence-corrected chi connectivity index (χ3v) is 3.08. The van der Waals surface area contributed by atoms with Crippen molar-refractivity contribution in [2.75, 3.05) is 38.8 Å². The van der Waals surface area contributed by atoms with E-state index in [-0.39, 0.29) is 6.61 Å². The Kier molecular flexibility index (Phi) is 5.78. The van der Waals surface area contributed by atoms with Crippen molar-refractivity contribution in [3.05, 3.63) is 0 Å². The Morgan fingerprint density at radius 1 is 1.50 bits per heavy atom. The summed E-state index contributed by atoms with van der Waals surface area (Å²) in [4.78, 5) is 2.30. The number of hydrogen-bond donors (Lipinski definition) is 1. The minimum absolute atomic E-state index is 0.261. The maximum atomic E-state index is 9.21. The van der Waals surface area contributed by atoms with E-state index < -0.39 is 0 Å². The number of ether oxygens (including phenoxy) is 1. The molecule has 1 fully saturated rings. The van der Waals surface area contributed by atoms with Crippen LogP contribution in [0.1, 0.15) is 13.3 Å². The fourth-order valence-electron chi connectivity index (χ4n) is 2.00. The van der Waals surface area contributed by atoms with Crippen LogP contribution in [0.5, 0.6) is 0 Å². The normalized spacial score (nSPS) is 28.5. The van der Waals surface area contributed by atoms with Crippen LogP contribution in [0.3, 0.4) is 0 Å². The summed E-state index contributed by atoms with van der Waals surface area (Å²) in [5, 5.41) is 9.21. The van der Waals surface area contributed by atoms with Crippen molar-refractivity contribution in [1.82, 2.24) is 4.90 Å². The molecule has 1 aliphatic rings. The molecule has 0 aromatic heterocycles. The van der Waals surface area contributed by atoms with Gasteiger partial charge in [-0.25, -0.2) is 0 Å².